The number of aromatic nitrogens is 2. The van der Waals surface area contributed by atoms with Crippen LogP contribution in [-0.2, 0) is 0 Å². The summed E-state index contributed by atoms with van der Waals surface area (Å²) in [6.07, 6.45) is 0. The van der Waals surface area contributed by atoms with Crippen molar-refractivity contribution in [2.24, 2.45) is 0 Å². The summed E-state index contributed by atoms with van der Waals surface area (Å²) in [4.78, 5) is 8.60. The summed E-state index contributed by atoms with van der Waals surface area (Å²) in [6.45, 7) is 1.85. The van der Waals surface area contributed by atoms with E-state index in [1.165, 1.54) is 6.07 Å². The third-order valence-electron chi connectivity index (χ3n) is 3.13. The Morgan fingerprint density at radius 3 is 2.57 bits per heavy atom. The second kappa shape index (κ2) is 5.52. The van der Waals surface area contributed by atoms with Crippen LogP contribution in [-0.4, -0.2) is 9.97 Å². The molecule has 0 spiro atoms. The Bertz CT molecular complexity index is 868. The van der Waals surface area contributed by atoms with E-state index in [1.807, 2.05) is 13.0 Å². The summed E-state index contributed by atoms with van der Waals surface area (Å²) >= 11 is 15.7. The van der Waals surface area contributed by atoms with Crippen LogP contribution >= 0.6 is 39.1 Å². The molecule has 2 nitrogen and oxygen atoms in total. The minimum atomic E-state index is -0.436. The summed E-state index contributed by atoms with van der Waals surface area (Å²) < 4.78 is 14.7. The van der Waals surface area contributed by atoms with Gasteiger partial charge < -0.3 is 0 Å². The maximum absolute atomic E-state index is 13.9. The predicted octanol–water partition coefficient (Wildman–Crippen LogP) is 5.81. The van der Waals surface area contributed by atoms with Gasteiger partial charge in [-0.05, 0) is 36.8 Å². The molecule has 106 valence electrons. The molecular weight excluding hydrogens is 378 g/mol. The molecular formula is C15H8BrCl2FN2. The van der Waals surface area contributed by atoms with Gasteiger partial charge in [0.2, 0.25) is 0 Å². The van der Waals surface area contributed by atoms with Crippen molar-refractivity contribution in [3.05, 3.63) is 56.4 Å². The largest absolute Gasteiger partial charge is 0.227 e. The molecule has 0 radical (unpaired) electrons. The van der Waals surface area contributed by atoms with Crippen molar-refractivity contribution in [2.45, 2.75) is 6.92 Å². The van der Waals surface area contributed by atoms with Crippen molar-refractivity contribution >= 4 is 50.0 Å². The Morgan fingerprint density at radius 1 is 1.10 bits per heavy atom. The van der Waals surface area contributed by atoms with Gasteiger partial charge in [-0.3, -0.25) is 0 Å². The van der Waals surface area contributed by atoms with E-state index in [0.29, 0.717) is 21.9 Å². The van der Waals surface area contributed by atoms with E-state index in [9.17, 15) is 4.39 Å². The van der Waals surface area contributed by atoms with Crippen molar-refractivity contribution in [3.8, 4) is 11.4 Å². The molecule has 1 heterocycles. The molecule has 1 aromatic heterocycles. The van der Waals surface area contributed by atoms with Crippen molar-refractivity contribution in [2.75, 3.05) is 0 Å². The second-order valence-electron chi connectivity index (χ2n) is 4.55. The lowest BCUT2D eigenvalue weighted by Crippen LogP contribution is -1.96. The van der Waals surface area contributed by atoms with E-state index in [4.69, 9.17) is 23.2 Å². The van der Waals surface area contributed by atoms with Crippen LogP contribution < -0.4 is 0 Å². The van der Waals surface area contributed by atoms with Gasteiger partial charge in [-0.15, -0.1) is 0 Å². The lowest BCUT2D eigenvalue weighted by atomic mass is 10.1. The molecule has 2 aromatic carbocycles. The van der Waals surface area contributed by atoms with Crippen LogP contribution in [0.25, 0.3) is 22.3 Å². The SMILES string of the molecule is Cc1ccc(F)c2c(Cl)nc(-c3ccc(Br)cc3Cl)nc12. The molecule has 0 aliphatic heterocycles. The van der Waals surface area contributed by atoms with Gasteiger partial charge in [-0.25, -0.2) is 14.4 Å². The second-order valence-corrected chi connectivity index (χ2v) is 6.23. The van der Waals surface area contributed by atoms with E-state index in [2.05, 4.69) is 25.9 Å². The van der Waals surface area contributed by atoms with Gasteiger partial charge in [-0.2, -0.15) is 0 Å². The molecule has 0 saturated heterocycles. The highest BCUT2D eigenvalue weighted by Gasteiger charge is 2.15. The van der Waals surface area contributed by atoms with Crippen molar-refractivity contribution in [1.82, 2.24) is 9.97 Å². The maximum atomic E-state index is 13.9. The first-order valence-electron chi connectivity index (χ1n) is 6.05. The van der Waals surface area contributed by atoms with E-state index < -0.39 is 5.82 Å². The molecule has 0 N–H and O–H groups in total. The molecule has 0 saturated carbocycles. The average molecular weight is 386 g/mol. The molecule has 0 aliphatic rings. The van der Waals surface area contributed by atoms with Crippen LogP contribution in [0, 0.1) is 12.7 Å². The highest BCUT2D eigenvalue weighted by atomic mass is 79.9. The minimum absolute atomic E-state index is 0.0789. The molecule has 21 heavy (non-hydrogen) atoms. The van der Waals surface area contributed by atoms with Crippen LogP contribution in [0.15, 0.2) is 34.8 Å². The van der Waals surface area contributed by atoms with Crippen LogP contribution in [0.1, 0.15) is 5.56 Å². The van der Waals surface area contributed by atoms with E-state index >= 15 is 0 Å². The van der Waals surface area contributed by atoms with E-state index in [0.717, 1.165) is 10.0 Å². The molecule has 0 aliphatic carbocycles. The fourth-order valence-electron chi connectivity index (χ4n) is 2.08. The normalized spacial score (nSPS) is 11.1. The first-order valence-corrected chi connectivity index (χ1v) is 7.60. The zero-order chi connectivity index (χ0) is 15.1. The van der Waals surface area contributed by atoms with E-state index in [1.54, 1.807) is 18.2 Å². The Hall–Kier alpha value is -1.23. The molecule has 3 rings (SSSR count). The number of hydrogen-bond donors (Lipinski definition) is 0. The van der Waals surface area contributed by atoms with Crippen molar-refractivity contribution in [1.29, 1.82) is 0 Å². The Morgan fingerprint density at radius 2 is 1.86 bits per heavy atom. The Labute approximate surface area is 139 Å². The fraction of sp³-hybridized carbons (Fsp3) is 0.0667. The monoisotopic (exact) mass is 384 g/mol. The van der Waals surface area contributed by atoms with Gasteiger partial charge >= 0.3 is 0 Å². The Kier molecular flexibility index (Phi) is 3.86. The van der Waals surface area contributed by atoms with Gasteiger partial charge in [-0.1, -0.05) is 45.2 Å². The molecule has 3 aromatic rings. The van der Waals surface area contributed by atoms with Gasteiger partial charge in [0.05, 0.1) is 15.9 Å². The number of hydrogen-bond acceptors (Lipinski definition) is 2. The number of nitrogens with zero attached hydrogens (tertiary/aromatic N) is 2. The smallest absolute Gasteiger partial charge is 0.163 e. The highest BCUT2D eigenvalue weighted by Crippen LogP contribution is 2.32. The third-order valence-corrected chi connectivity index (χ3v) is 4.21. The zero-order valence-corrected chi connectivity index (χ0v) is 13.9. The summed E-state index contributed by atoms with van der Waals surface area (Å²) in [7, 11) is 0. The first kappa shape index (κ1) is 14.7. The summed E-state index contributed by atoms with van der Waals surface area (Å²) in [5.74, 6) is -0.0623. The lowest BCUT2D eigenvalue weighted by molar-refractivity contribution is 0.639. The fourth-order valence-corrected chi connectivity index (χ4v) is 3.10. The van der Waals surface area contributed by atoms with Gasteiger partial charge in [0.1, 0.15) is 11.0 Å². The topological polar surface area (TPSA) is 25.8 Å². The number of benzene rings is 2. The molecule has 0 bridgehead atoms. The summed E-state index contributed by atoms with van der Waals surface area (Å²) in [6, 6.07) is 8.39. The maximum Gasteiger partial charge on any atom is 0.163 e. The molecule has 6 heteroatoms. The summed E-state index contributed by atoms with van der Waals surface area (Å²) in [5.41, 5.74) is 1.96. The highest BCUT2D eigenvalue weighted by molar-refractivity contribution is 9.10. The minimum Gasteiger partial charge on any atom is -0.227 e. The van der Waals surface area contributed by atoms with Crippen LogP contribution in [0.2, 0.25) is 10.2 Å². The standard InChI is InChI=1S/C15H8BrCl2FN2/c1-7-2-5-11(19)12-13(7)20-15(21-14(12)18)9-4-3-8(16)6-10(9)17/h2-6H,1H3. The van der Waals surface area contributed by atoms with Gasteiger partial charge in [0.15, 0.2) is 5.82 Å². The predicted molar refractivity (Wildman–Crippen MR) is 87.4 cm³/mol. The van der Waals surface area contributed by atoms with Crippen molar-refractivity contribution in [3.63, 3.8) is 0 Å². The molecule has 0 unspecified atom stereocenters. The molecule has 0 atom stereocenters. The first-order chi connectivity index (χ1) is 9.97. The zero-order valence-electron chi connectivity index (χ0n) is 10.8. The lowest BCUT2D eigenvalue weighted by Gasteiger charge is -2.09. The third kappa shape index (κ3) is 2.63. The number of aryl methyl sites for hydroxylation is 1. The number of fused-ring (bicyclic) bond motifs is 1. The quantitative estimate of drug-likeness (QED) is 0.493. The average Bonchev–Trinajstić information content (AvgIpc) is 2.42. The van der Waals surface area contributed by atoms with Crippen molar-refractivity contribution < 1.29 is 4.39 Å². The number of halogens is 4. The Balaban J connectivity index is 2.33. The molecule has 0 fully saturated rings. The molecule has 0 amide bonds. The number of rotatable bonds is 1. The van der Waals surface area contributed by atoms with Crippen LogP contribution in [0.4, 0.5) is 4.39 Å². The van der Waals surface area contributed by atoms with Gasteiger partial charge in [0, 0.05) is 10.0 Å². The van der Waals surface area contributed by atoms with E-state index in [-0.39, 0.29) is 10.5 Å². The van der Waals surface area contributed by atoms with Crippen LogP contribution in [0.3, 0.4) is 0 Å². The van der Waals surface area contributed by atoms with Gasteiger partial charge in [0.25, 0.3) is 0 Å². The van der Waals surface area contributed by atoms with Crippen LogP contribution in [0.5, 0.6) is 0 Å². The summed E-state index contributed by atoms with van der Waals surface area (Å²) in [5, 5.41) is 0.803.